The average molecular weight is 951 g/mol. The summed E-state index contributed by atoms with van der Waals surface area (Å²) in [7, 11) is 0. The predicted molar refractivity (Wildman–Crippen MR) is 237 cm³/mol. The minimum atomic E-state index is -0.157. The van der Waals surface area contributed by atoms with Crippen molar-refractivity contribution in [2.45, 2.75) is 20.0 Å². The van der Waals surface area contributed by atoms with Crippen LogP contribution in [0.25, 0.3) is 72.1 Å². The maximum atomic E-state index is 7.50. The Bertz CT molecular complexity index is 2630. The first-order valence-corrected chi connectivity index (χ1v) is 19.1. The zero-order chi connectivity index (χ0) is 41.1. The van der Waals surface area contributed by atoms with Crippen molar-refractivity contribution >= 4 is 5.69 Å². The summed E-state index contributed by atoms with van der Waals surface area (Å²) in [4.78, 5) is 2.30. The van der Waals surface area contributed by atoms with E-state index in [1.54, 1.807) is 0 Å². The third kappa shape index (κ3) is 8.94. The molecule has 4 nitrogen and oxygen atoms in total. The fourth-order valence-corrected chi connectivity index (χ4v) is 7.76. The standard InChI is InChI=1S/C53H38N2.2CO.Ir/c1-37-38(2)55(46-22-10-5-11-23-46)53(54-37)42-32-30-41(31-33-42)49-26-14-17-29-52(49)45-35-43(50-27-15-12-24-47(50)39-18-6-3-7-19-39)34-44(36-45)51-28-16-13-25-48(51)40-20-8-4-9-21-40;2*1-2;/h3-6,8,10-32,34-36,53H,1-2H3;;;/q-4;;;. The molecule has 0 amide bonds. The Morgan fingerprint density at radius 2 is 0.867 bits per heavy atom. The van der Waals surface area contributed by atoms with Gasteiger partial charge in [0, 0.05) is 25.8 Å². The minimum absolute atomic E-state index is 0. The Labute approximate surface area is 366 Å². The predicted octanol–water partition coefficient (Wildman–Crippen LogP) is 14.2. The van der Waals surface area contributed by atoms with Crippen LogP contribution in [0.5, 0.6) is 0 Å². The van der Waals surface area contributed by atoms with Gasteiger partial charge in [0.05, 0.1) is 0 Å². The number of para-hydroxylation sites is 1. The van der Waals surface area contributed by atoms with E-state index in [0.717, 1.165) is 67.2 Å². The second kappa shape index (κ2) is 20.3. The van der Waals surface area contributed by atoms with Crippen LogP contribution in [0.2, 0.25) is 0 Å². The summed E-state index contributed by atoms with van der Waals surface area (Å²) in [5.41, 5.74) is 18.2. The quantitative estimate of drug-likeness (QED) is 0.111. The largest absolute Gasteiger partial charge is 0 e. The topological polar surface area (TPSA) is 57.1 Å². The number of nitrogens with zero attached hydrogens (tertiary/aromatic N) is 2. The second-order valence-electron chi connectivity index (χ2n) is 13.9. The molecule has 0 spiro atoms. The normalized spacial score (nSPS) is 12.8. The van der Waals surface area contributed by atoms with Gasteiger partial charge < -0.3 is 10.2 Å². The van der Waals surface area contributed by atoms with Crippen molar-refractivity contribution in [2.75, 3.05) is 4.90 Å². The van der Waals surface area contributed by atoms with Crippen LogP contribution < -0.4 is 4.90 Å². The number of rotatable bonds is 8. The summed E-state index contributed by atoms with van der Waals surface area (Å²) >= 11 is 0. The van der Waals surface area contributed by atoms with E-state index in [1.807, 2.05) is 12.1 Å². The van der Waals surface area contributed by atoms with E-state index in [-0.39, 0.29) is 26.3 Å². The number of anilines is 1. The summed E-state index contributed by atoms with van der Waals surface area (Å²) in [6.45, 7) is 13.2. The number of allylic oxidation sites excluding steroid dienone is 2. The molecular weight excluding hydrogens is 913 g/mol. The van der Waals surface area contributed by atoms with Crippen molar-refractivity contribution in [2.24, 2.45) is 0 Å². The smallest absolute Gasteiger partial charge is 0 e. The number of hydrogen-bond acceptors (Lipinski definition) is 1. The maximum Gasteiger partial charge on any atom is 0 e. The molecule has 0 fully saturated rings. The molecule has 0 saturated carbocycles. The Balaban J connectivity index is 0.00000117. The van der Waals surface area contributed by atoms with Gasteiger partial charge in [0.25, 0.3) is 0 Å². The van der Waals surface area contributed by atoms with Gasteiger partial charge in [-0.2, -0.15) is 90.5 Å². The van der Waals surface area contributed by atoms with E-state index >= 15 is 0 Å². The van der Waals surface area contributed by atoms with Crippen LogP contribution in [0, 0.1) is 31.5 Å². The Hall–Kier alpha value is -6.77. The summed E-state index contributed by atoms with van der Waals surface area (Å²) in [5, 5.41) is 5.07. The van der Waals surface area contributed by atoms with Crippen molar-refractivity contribution in [3.63, 3.8) is 0 Å². The van der Waals surface area contributed by atoms with Crippen LogP contribution in [-0.2, 0) is 29.4 Å². The molecule has 293 valence electrons. The van der Waals surface area contributed by atoms with Crippen molar-refractivity contribution in [3.8, 4) is 66.8 Å². The van der Waals surface area contributed by atoms with Gasteiger partial charge in [-0.3, -0.25) is 0 Å². The Kier molecular flexibility index (Phi) is 14.5. The van der Waals surface area contributed by atoms with Crippen LogP contribution in [0.3, 0.4) is 0 Å². The van der Waals surface area contributed by atoms with Gasteiger partial charge in [0.1, 0.15) is 0 Å². The van der Waals surface area contributed by atoms with Crippen LogP contribution in [0.1, 0.15) is 25.6 Å². The first kappa shape index (κ1) is 42.8. The van der Waals surface area contributed by atoms with Gasteiger partial charge in [0.2, 0.25) is 0 Å². The Morgan fingerprint density at radius 1 is 0.467 bits per heavy atom. The first-order valence-electron chi connectivity index (χ1n) is 19.1. The molecule has 0 aliphatic carbocycles. The average Bonchev–Trinajstić information content (AvgIpc) is 3.63. The molecule has 1 heterocycles. The van der Waals surface area contributed by atoms with E-state index in [0.29, 0.717) is 0 Å². The van der Waals surface area contributed by atoms with Gasteiger partial charge in [-0.05, 0) is 82.5 Å². The molecule has 1 unspecified atom stereocenters. The molecule has 1 aliphatic rings. The molecule has 0 bridgehead atoms. The van der Waals surface area contributed by atoms with Crippen molar-refractivity contribution in [1.29, 1.82) is 0 Å². The van der Waals surface area contributed by atoms with Crippen LogP contribution in [0.15, 0.2) is 199 Å². The zero-order valence-corrected chi connectivity index (χ0v) is 35.4. The zero-order valence-electron chi connectivity index (χ0n) is 33.0. The molecule has 60 heavy (non-hydrogen) atoms. The molecule has 0 saturated heterocycles. The second-order valence-corrected chi connectivity index (χ2v) is 13.9. The summed E-state index contributed by atoms with van der Waals surface area (Å²) in [6.07, 6.45) is -0.157. The van der Waals surface area contributed by atoms with E-state index in [4.69, 9.17) is 14.6 Å². The molecule has 0 N–H and O–H groups in total. The van der Waals surface area contributed by atoms with E-state index in [2.05, 4.69) is 226 Å². The van der Waals surface area contributed by atoms with Crippen molar-refractivity contribution < 1.29 is 29.4 Å². The van der Waals surface area contributed by atoms with Gasteiger partial charge >= 0.3 is 22.6 Å². The summed E-state index contributed by atoms with van der Waals surface area (Å²) in [5.74, 6) is 0. The third-order valence-electron chi connectivity index (χ3n) is 10.6. The first-order chi connectivity index (χ1) is 29.1. The van der Waals surface area contributed by atoms with E-state index in [1.165, 1.54) is 22.3 Å². The van der Waals surface area contributed by atoms with Gasteiger partial charge in [-0.25, -0.2) is 0 Å². The maximum absolute atomic E-state index is 7.50. The molecule has 9 rings (SSSR count). The molecule has 1 radical (unpaired) electrons. The number of hydrogen-bond donors (Lipinski definition) is 0. The molecule has 8 aromatic rings. The van der Waals surface area contributed by atoms with E-state index in [9.17, 15) is 0 Å². The fourth-order valence-electron chi connectivity index (χ4n) is 7.76. The SMILES string of the molecule is CC1=C(C)N(c2ccccc2)C(c2[c-]cc(-c3ccccc3-c3cc(-c4ccccc4-c4c[c-]ccc4)cc(-c4ccccc4-c4c[c-]ccc4)c3)cc2)[N-]1.[C-]#[O+].[C-]#[O+].[Ir]. The van der Waals surface area contributed by atoms with Crippen molar-refractivity contribution in [3.05, 3.63) is 242 Å². The van der Waals surface area contributed by atoms with Gasteiger partial charge in [0.15, 0.2) is 0 Å². The van der Waals surface area contributed by atoms with Gasteiger partial charge in [-0.1, -0.05) is 115 Å². The summed E-state index contributed by atoms with van der Waals surface area (Å²) in [6, 6.07) is 76.8. The summed E-state index contributed by atoms with van der Waals surface area (Å²) < 4.78 is 15.0. The Morgan fingerprint density at radius 3 is 1.25 bits per heavy atom. The van der Waals surface area contributed by atoms with Gasteiger partial charge in [-0.15, -0.1) is 22.4 Å². The van der Waals surface area contributed by atoms with Crippen LogP contribution in [0.4, 0.5) is 5.69 Å². The molecule has 1 aliphatic heterocycles. The van der Waals surface area contributed by atoms with Crippen LogP contribution >= 0.6 is 0 Å². The minimum Gasteiger partial charge on any atom is 0 e. The molecule has 1 atom stereocenters. The number of benzene rings is 8. The molecular formula is C55H38IrN2O2-4. The van der Waals surface area contributed by atoms with E-state index < -0.39 is 0 Å². The van der Waals surface area contributed by atoms with Crippen LogP contribution in [-0.4, -0.2) is 0 Å². The molecule has 5 heteroatoms. The monoisotopic (exact) mass is 951 g/mol. The molecule has 0 aromatic heterocycles. The van der Waals surface area contributed by atoms with Crippen molar-refractivity contribution in [1.82, 2.24) is 0 Å². The molecule has 8 aromatic carbocycles. The third-order valence-corrected chi connectivity index (χ3v) is 10.6. The fraction of sp³-hybridized carbons (Fsp3) is 0.0545.